The van der Waals surface area contributed by atoms with Gasteiger partial charge in [-0.15, -0.1) is 0 Å². The number of halogens is 1. The van der Waals surface area contributed by atoms with Crippen molar-refractivity contribution in [2.24, 2.45) is 5.73 Å². The highest BCUT2D eigenvalue weighted by atomic mass is 19.1. The first kappa shape index (κ1) is 26.3. The zero-order chi connectivity index (χ0) is 27.6. The number of anilines is 2. The number of ether oxygens (including phenoxy) is 1. The second kappa shape index (κ2) is 10.3. The van der Waals surface area contributed by atoms with Gasteiger partial charge in [0.25, 0.3) is 5.91 Å². The molecule has 0 aliphatic heterocycles. The fraction of sp³-hybridized carbons (Fsp3) is 0.214. The van der Waals surface area contributed by atoms with Gasteiger partial charge in [0, 0.05) is 29.8 Å². The van der Waals surface area contributed by atoms with E-state index in [-0.39, 0.29) is 28.3 Å². The van der Waals surface area contributed by atoms with Crippen molar-refractivity contribution < 1.29 is 18.7 Å². The maximum Gasteiger partial charge on any atom is 0.324 e. The van der Waals surface area contributed by atoms with Gasteiger partial charge in [-0.25, -0.2) is 13.9 Å². The Bertz CT molecular complexity index is 1500. The third-order valence-corrected chi connectivity index (χ3v) is 5.58. The summed E-state index contributed by atoms with van der Waals surface area (Å²) in [6, 6.07) is 14.0. The molecule has 2 aromatic heterocycles. The van der Waals surface area contributed by atoms with Crippen molar-refractivity contribution in [2.45, 2.75) is 40.0 Å². The number of aromatic nitrogens is 3. The van der Waals surface area contributed by atoms with Crippen molar-refractivity contribution in [3.8, 4) is 17.2 Å². The van der Waals surface area contributed by atoms with Gasteiger partial charge in [0.1, 0.15) is 28.8 Å². The molecule has 4 rings (SSSR count). The summed E-state index contributed by atoms with van der Waals surface area (Å²) in [6.07, 6.45) is 1.36. The van der Waals surface area contributed by atoms with Crippen molar-refractivity contribution in [2.75, 3.05) is 10.6 Å². The van der Waals surface area contributed by atoms with Crippen molar-refractivity contribution in [3.63, 3.8) is 0 Å². The molecule has 0 spiro atoms. The number of amides is 3. The summed E-state index contributed by atoms with van der Waals surface area (Å²) in [5, 5.41) is 10.0. The van der Waals surface area contributed by atoms with Gasteiger partial charge in [-0.1, -0.05) is 26.8 Å². The lowest BCUT2D eigenvalue weighted by molar-refractivity contribution is 0.0995. The smallest absolute Gasteiger partial charge is 0.324 e. The molecule has 0 aliphatic rings. The molecule has 4 aromatic rings. The average Bonchev–Trinajstić information content (AvgIpc) is 3.25. The van der Waals surface area contributed by atoms with E-state index in [2.05, 4.69) is 21.7 Å². The minimum absolute atomic E-state index is 0.0209. The highest BCUT2D eigenvalue weighted by Crippen LogP contribution is 2.28. The van der Waals surface area contributed by atoms with Gasteiger partial charge >= 0.3 is 6.03 Å². The van der Waals surface area contributed by atoms with Crippen LogP contribution in [0, 0.1) is 19.7 Å². The fourth-order valence-corrected chi connectivity index (χ4v) is 3.78. The van der Waals surface area contributed by atoms with Crippen molar-refractivity contribution in [1.29, 1.82) is 0 Å². The summed E-state index contributed by atoms with van der Waals surface area (Å²) in [7, 11) is 0. The molecule has 10 heteroatoms. The van der Waals surface area contributed by atoms with Crippen LogP contribution in [-0.4, -0.2) is 26.7 Å². The van der Waals surface area contributed by atoms with E-state index in [1.165, 1.54) is 30.5 Å². The molecule has 2 heterocycles. The number of urea groups is 1. The number of carbonyl (C=O) groups excluding carboxylic acids is 2. The van der Waals surface area contributed by atoms with Crippen LogP contribution in [0.4, 0.5) is 20.7 Å². The van der Waals surface area contributed by atoms with Crippen LogP contribution in [0.5, 0.6) is 11.5 Å². The molecule has 0 atom stereocenters. The molecule has 0 fully saturated rings. The molecule has 0 unspecified atom stereocenters. The lowest BCUT2D eigenvalue weighted by Gasteiger charge is -2.14. The molecular formula is C28H29FN6O3. The van der Waals surface area contributed by atoms with Gasteiger partial charge in [-0.2, -0.15) is 5.10 Å². The van der Waals surface area contributed by atoms with E-state index in [9.17, 15) is 14.0 Å². The molecule has 9 nitrogen and oxygen atoms in total. The summed E-state index contributed by atoms with van der Waals surface area (Å²) in [4.78, 5) is 28.0. The second-order valence-electron chi connectivity index (χ2n) is 9.99. The van der Waals surface area contributed by atoms with Crippen LogP contribution in [0.15, 0.2) is 60.8 Å². The lowest BCUT2D eigenvalue weighted by Crippen LogP contribution is -2.22. The molecule has 3 amide bonds. The fourth-order valence-electron chi connectivity index (χ4n) is 3.78. The van der Waals surface area contributed by atoms with Crippen molar-refractivity contribution in [1.82, 2.24) is 14.8 Å². The van der Waals surface area contributed by atoms with Crippen LogP contribution < -0.4 is 21.1 Å². The van der Waals surface area contributed by atoms with E-state index in [0.29, 0.717) is 5.82 Å². The Morgan fingerprint density at radius 1 is 0.947 bits per heavy atom. The Kier molecular flexibility index (Phi) is 7.16. The molecular weight excluding hydrogens is 487 g/mol. The number of hydrogen-bond acceptors (Lipinski definition) is 5. The first-order valence-electron chi connectivity index (χ1n) is 11.9. The number of benzene rings is 2. The second-order valence-corrected chi connectivity index (χ2v) is 9.99. The number of pyridine rings is 1. The molecule has 0 bridgehead atoms. The minimum atomic E-state index is -0.708. The zero-order valence-corrected chi connectivity index (χ0v) is 21.8. The van der Waals surface area contributed by atoms with Gasteiger partial charge < -0.3 is 15.8 Å². The molecule has 0 radical (unpaired) electrons. The molecule has 196 valence electrons. The molecule has 0 saturated carbocycles. The first-order valence-corrected chi connectivity index (χ1v) is 11.9. The van der Waals surface area contributed by atoms with Crippen LogP contribution >= 0.6 is 0 Å². The van der Waals surface area contributed by atoms with Gasteiger partial charge in [0.2, 0.25) is 0 Å². The number of nitrogens with one attached hydrogen (secondary N) is 2. The van der Waals surface area contributed by atoms with Crippen molar-refractivity contribution in [3.05, 3.63) is 89.1 Å². The standard InChI is InChI=1S/C28H29FN6O3/c1-16-10-17(2)12-18(11-16)35-25(15-24(34-35)28(3,4)5)33-27(37)32-22-7-6-19(13-21(22)29)38-20-8-9-31-23(14-20)26(30)36/h6-15H,1-5H3,(H2,30,36)(H2,32,33,37). The SMILES string of the molecule is Cc1cc(C)cc(-n2nc(C(C)(C)C)cc2NC(=O)Nc2ccc(Oc3ccnc(C(N)=O)c3)cc2F)c1. The van der Waals surface area contributed by atoms with E-state index in [1.807, 2.05) is 46.8 Å². The van der Waals surface area contributed by atoms with Crippen molar-refractivity contribution >= 4 is 23.4 Å². The van der Waals surface area contributed by atoms with E-state index < -0.39 is 17.8 Å². The molecule has 0 saturated heterocycles. The molecule has 4 N–H and O–H groups in total. The molecule has 0 aliphatic carbocycles. The number of carbonyl (C=O) groups is 2. The highest BCUT2D eigenvalue weighted by molar-refractivity contribution is 5.99. The number of hydrogen-bond donors (Lipinski definition) is 3. The highest BCUT2D eigenvalue weighted by Gasteiger charge is 2.22. The quantitative estimate of drug-likeness (QED) is 0.296. The third kappa shape index (κ3) is 6.15. The lowest BCUT2D eigenvalue weighted by atomic mass is 9.92. The van der Waals surface area contributed by atoms with Gasteiger partial charge in [-0.05, 0) is 55.3 Å². The van der Waals surface area contributed by atoms with E-state index in [4.69, 9.17) is 15.6 Å². The minimum Gasteiger partial charge on any atom is -0.457 e. The Balaban J connectivity index is 1.53. The van der Waals surface area contributed by atoms with Gasteiger partial charge in [-0.3, -0.25) is 15.1 Å². The monoisotopic (exact) mass is 516 g/mol. The van der Waals surface area contributed by atoms with E-state index in [0.717, 1.165) is 28.6 Å². The Morgan fingerprint density at radius 3 is 2.26 bits per heavy atom. The number of nitrogens with two attached hydrogens (primary N) is 1. The largest absolute Gasteiger partial charge is 0.457 e. The molecule has 38 heavy (non-hydrogen) atoms. The van der Waals surface area contributed by atoms with E-state index >= 15 is 0 Å². The van der Waals surface area contributed by atoms with Crippen LogP contribution in [-0.2, 0) is 5.41 Å². The van der Waals surface area contributed by atoms with Gasteiger partial charge in [0.15, 0.2) is 0 Å². The predicted octanol–water partition coefficient (Wildman–Crippen LogP) is 5.86. The van der Waals surface area contributed by atoms with E-state index in [1.54, 1.807) is 10.7 Å². The number of aryl methyl sites for hydroxylation is 2. The topological polar surface area (TPSA) is 124 Å². The maximum absolute atomic E-state index is 14.8. The average molecular weight is 517 g/mol. The summed E-state index contributed by atoms with van der Waals surface area (Å²) in [5.41, 5.74) is 8.66. The Hall–Kier alpha value is -4.73. The van der Waals surface area contributed by atoms with Gasteiger partial charge in [0.05, 0.1) is 17.1 Å². The van der Waals surface area contributed by atoms with Crippen LogP contribution in [0.3, 0.4) is 0 Å². The summed E-state index contributed by atoms with van der Waals surface area (Å²) < 4.78 is 22.1. The van der Waals surface area contributed by atoms with Crippen LogP contribution in [0.2, 0.25) is 0 Å². The Morgan fingerprint density at radius 2 is 1.63 bits per heavy atom. The third-order valence-electron chi connectivity index (χ3n) is 5.58. The molecule has 2 aromatic carbocycles. The first-order chi connectivity index (χ1) is 17.9. The normalized spacial score (nSPS) is 11.2. The summed E-state index contributed by atoms with van der Waals surface area (Å²) >= 11 is 0. The Labute approximate surface area is 219 Å². The number of primary amides is 1. The maximum atomic E-state index is 14.8. The zero-order valence-electron chi connectivity index (χ0n) is 21.8. The van der Waals surface area contributed by atoms with Crippen LogP contribution in [0.1, 0.15) is 48.1 Å². The van der Waals surface area contributed by atoms with Crippen LogP contribution in [0.25, 0.3) is 5.69 Å². The predicted molar refractivity (Wildman–Crippen MR) is 144 cm³/mol. The number of rotatable bonds is 6. The number of nitrogens with zero attached hydrogens (tertiary/aromatic N) is 3. The summed E-state index contributed by atoms with van der Waals surface area (Å²) in [5.74, 6) is -0.541. The summed E-state index contributed by atoms with van der Waals surface area (Å²) in [6.45, 7) is 10.1.